The van der Waals surface area contributed by atoms with Gasteiger partial charge in [-0.2, -0.15) is 0 Å². The molecule has 0 radical (unpaired) electrons. The topological polar surface area (TPSA) is 165 Å². The molecule has 170 valence electrons. The Hall–Kier alpha value is -2.78. The number of rotatable bonds is 8. The number of nitrogens with two attached hydrogens (primary N) is 2. The second kappa shape index (κ2) is 17.1. The largest absolute Gasteiger partial charge is 0.480 e. The number of aliphatic carboxylic acids is 1. The van der Waals surface area contributed by atoms with E-state index in [1.165, 1.54) is 12.6 Å². The van der Waals surface area contributed by atoms with Crippen LogP contribution >= 0.6 is 0 Å². The molecular formula is C21H36N4O5. The van der Waals surface area contributed by atoms with Crippen LogP contribution in [0.15, 0.2) is 30.3 Å². The van der Waals surface area contributed by atoms with Crippen LogP contribution in [0.3, 0.4) is 0 Å². The highest BCUT2D eigenvalue weighted by molar-refractivity contribution is 5.93. The Morgan fingerprint density at radius 1 is 1.17 bits per heavy atom. The summed E-state index contributed by atoms with van der Waals surface area (Å²) in [7, 11) is 1.50. The molecule has 1 aliphatic rings. The maximum absolute atomic E-state index is 11.5. The summed E-state index contributed by atoms with van der Waals surface area (Å²) in [4.78, 5) is 43.9. The van der Waals surface area contributed by atoms with Crippen molar-refractivity contribution in [2.45, 2.75) is 58.0 Å². The number of carbonyl (C=O) groups excluding carboxylic acids is 3. The van der Waals surface area contributed by atoms with E-state index in [1.807, 2.05) is 32.0 Å². The van der Waals surface area contributed by atoms with Crippen molar-refractivity contribution in [2.75, 3.05) is 13.6 Å². The molecule has 0 aromatic heterocycles. The van der Waals surface area contributed by atoms with Crippen LogP contribution in [0.1, 0.15) is 45.1 Å². The average Bonchev–Trinajstić information content (AvgIpc) is 3.51. The third-order valence-corrected chi connectivity index (χ3v) is 3.80. The first-order chi connectivity index (χ1) is 14.3. The Balaban J connectivity index is 0. The number of aryl methyl sites for hydroxylation is 1. The van der Waals surface area contributed by atoms with Crippen molar-refractivity contribution in [1.82, 2.24) is 10.6 Å². The van der Waals surface area contributed by atoms with Crippen molar-refractivity contribution in [3.05, 3.63) is 35.9 Å². The maximum atomic E-state index is 11.5. The molecule has 9 nitrogen and oxygen atoms in total. The van der Waals surface area contributed by atoms with E-state index in [4.69, 9.17) is 10.8 Å². The average molecular weight is 425 g/mol. The molecule has 7 N–H and O–H groups in total. The molecule has 1 aromatic carbocycles. The number of hydrogen-bond acceptors (Lipinski definition) is 6. The van der Waals surface area contributed by atoms with Gasteiger partial charge in [0.05, 0.1) is 12.1 Å². The quantitative estimate of drug-likeness (QED) is 0.384. The summed E-state index contributed by atoms with van der Waals surface area (Å²) >= 11 is 0. The Morgan fingerprint density at radius 2 is 1.70 bits per heavy atom. The van der Waals surface area contributed by atoms with Crippen LogP contribution in [-0.4, -0.2) is 54.3 Å². The molecule has 2 amide bonds. The first-order valence-electron chi connectivity index (χ1n) is 9.91. The number of aldehydes is 1. The van der Waals surface area contributed by atoms with Crippen LogP contribution in [-0.2, 0) is 19.2 Å². The lowest BCUT2D eigenvalue weighted by Crippen LogP contribution is -2.49. The van der Waals surface area contributed by atoms with Gasteiger partial charge < -0.3 is 32.0 Å². The number of amides is 2. The smallest absolute Gasteiger partial charge is 0.326 e. The zero-order valence-corrected chi connectivity index (χ0v) is 18.3. The number of nitrogens with one attached hydrogen (secondary N) is 2. The highest BCUT2D eigenvalue weighted by Gasteiger charge is 2.45. The minimum Gasteiger partial charge on any atom is -0.480 e. The van der Waals surface area contributed by atoms with Gasteiger partial charge in [0.25, 0.3) is 0 Å². The van der Waals surface area contributed by atoms with Gasteiger partial charge >= 0.3 is 5.97 Å². The minimum absolute atomic E-state index is 0.0132. The fraction of sp³-hybridized carbons (Fsp3) is 0.524. The van der Waals surface area contributed by atoms with Gasteiger partial charge in [0.1, 0.15) is 12.3 Å². The molecule has 0 spiro atoms. The minimum atomic E-state index is -1.22. The van der Waals surface area contributed by atoms with Gasteiger partial charge in [-0.3, -0.25) is 9.59 Å². The highest BCUT2D eigenvalue weighted by Crippen LogP contribution is 2.31. The monoisotopic (exact) mass is 424 g/mol. The summed E-state index contributed by atoms with van der Waals surface area (Å²) in [6.07, 6.45) is 1.79. The lowest BCUT2D eigenvalue weighted by Gasteiger charge is -2.14. The van der Waals surface area contributed by atoms with E-state index in [1.54, 1.807) is 0 Å². The molecule has 1 aromatic rings. The standard InChI is InChI=1S/C11H17N3O5.C7H8.C2H6.CH5N/c12-11(3-4-11)10(19)13-6-8(16)14-7(9(17)18)2-1-5-15;1-7-5-3-2-4-6-7;2*1-2/h5,7H,1-4,6,12H2,(H,13,19)(H,14,16)(H,17,18);2-6H,1H3;1-2H3;2H2,1H3. The molecule has 1 aliphatic carbocycles. The van der Waals surface area contributed by atoms with Crippen LogP contribution in [0.5, 0.6) is 0 Å². The molecule has 1 saturated carbocycles. The van der Waals surface area contributed by atoms with Crippen LogP contribution in [0.4, 0.5) is 0 Å². The molecule has 2 rings (SSSR count). The lowest BCUT2D eigenvalue weighted by atomic mass is 10.1. The summed E-state index contributed by atoms with van der Waals surface area (Å²) in [5.41, 5.74) is 10.6. The Morgan fingerprint density at radius 3 is 2.07 bits per heavy atom. The fourth-order valence-corrected chi connectivity index (χ4v) is 1.97. The second-order valence-electron chi connectivity index (χ2n) is 6.20. The van der Waals surface area contributed by atoms with Gasteiger partial charge in [0.2, 0.25) is 11.8 Å². The summed E-state index contributed by atoms with van der Waals surface area (Å²) in [6, 6.07) is 9.12. The predicted octanol–water partition coefficient (Wildman–Crippen LogP) is 0.739. The summed E-state index contributed by atoms with van der Waals surface area (Å²) in [6.45, 7) is 5.75. The van der Waals surface area contributed by atoms with Gasteiger partial charge in [-0.05, 0) is 33.2 Å². The third-order valence-electron chi connectivity index (χ3n) is 3.80. The number of carbonyl (C=O) groups is 4. The molecule has 1 unspecified atom stereocenters. The van der Waals surface area contributed by atoms with E-state index in [0.29, 0.717) is 19.1 Å². The van der Waals surface area contributed by atoms with E-state index < -0.39 is 29.4 Å². The molecule has 0 bridgehead atoms. The SMILES string of the molecule is CC.CN.Cc1ccccc1.NC1(C(=O)NCC(=O)NC(CCC=O)C(=O)O)CC1. The van der Waals surface area contributed by atoms with E-state index in [-0.39, 0.29) is 19.4 Å². The van der Waals surface area contributed by atoms with Crippen LogP contribution in [0.2, 0.25) is 0 Å². The van der Waals surface area contributed by atoms with Crippen molar-refractivity contribution >= 4 is 24.1 Å². The highest BCUT2D eigenvalue weighted by atomic mass is 16.4. The predicted molar refractivity (Wildman–Crippen MR) is 117 cm³/mol. The first-order valence-corrected chi connectivity index (χ1v) is 9.91. The van der Waals surface area contributed by atoms with Gasteiger partial charge in [-0.1, -0.05) is 49.7 Å². The van der Waals surface area contributed by atoms with Crippen LogP contribution < -0.4 is 22.1 Å². The van der Waals surface area contributed by atoms with Crippen molar-refractivity contribution < 1.29 is 24.3 Å². The fourth-order valence-electron chi connectivity index (χ4n) is 1.97. The molecule has 0 aliphatic heterocycles. The van der Waals surface area contributed by atoms with E-state index in [2.05, 4.69) is 35.4 Å². The van der Waals surface area contributed by atoms with Crippen molar-refractivity contribution in [3.63, 3.8) is 0 Å². The molecule has 1 fully saturated rings. The van der Waals surface area contributed by atoms with Crippen molar-refractivity contribution in [2.24, 2.45) is 11.5 Å². The van der Waals surface area contributed by atoms with E-state index in [9.17, 15) is 19.2 Å². The van der Waals surface area contributed by atoms with E-state index >= 15 is 0 Å². The second-order valence-corrected chi connectivity index (χ2v) is 6.20. The number of carboxylic acids is 1. The van der Waals surface area contributed by atoms with Crippen molar-refractivity contribution in [3.8, 4) is 0 Å². The molecule has 1 atom stereocenters. The van der Waals surface area contributed by atoms with Gasteiger partial charge in [0.15, 0.2) is 0 Å². The Kier molecular flexibility index (Phi) is 16.8. The summed E-state index contributed by atoms with van der Waals surface area (Å²) in [5, 5.41) is 13.4. The number of carboxylic acid groups (broad SMARTS) is 1. The molecule has 9 heteroatoms. The molecule has 0 saturated heterocycles. The van der Waals surface area contributed by atoms with Crippen LogP contribution in [0, 0.1) is 6.92 Å². The van der Waals surface area contributed by atoms with Gasteiger partial charge in [0, 0.05) is 6.42 Å². The first kappa shape index (κ1) is 29.4. The summed E-state index contributed by atoms with van der Waals surface area (Å²) < 4.78 is 0. The van der Waals surface area contributed by atoms with Crippen LogP contribution in [0.25, 0.3) is 0 Å². The van der Waals surface area contributed by atoms with Crippen molar-refractivity contribution in [1.29, 1.82) is 0 Å². The zero-order chi connectivity index (χ0) is 23.6. The van der Waals surface area contributed by atoms with Gasteiger partial charge in [-0.15, -0.1) is 0 Å². The molecular weight excluding hydrogens is 388 g/mol. The number of hydrogen-bond donors (Lipinski definition) is 5. The lowest BCUT2D eigenvalue weighted by molar-refractivity contribution is -0.142. The zero-order valence-electron chi connectivity index (χ0n) is 18.3. The van der Waals surface area contributed by atoms with Gasteiger partial charge in [-0.25, -0.2) is 4.79 Å². The van der Waals surface area contributed by atoms with E-state index in [0.717, 1.165) is 0 Å². The normalized spacial score (nSPS) is 13.3. The molecule has 0 heterocycles. The third kappa shape index (κ3) is 13.4. The Bertz CT molecular complexity index is 634. The Labute approximate surface area is 178 Å². The summed E-state index contributed by atoms with van der Waals surface area (Å²) in [5.74, 6) is -2.27. The number of benzene rings is 1. The maximum Gasteiger partial charge on any atom is 0.326 e. The molecule has 30 heavy (non-hydrogen) atoms.